The van der Waals surface area contributed by atoms with Gasteiger partial charge >= 0.3 is 5.70 Å². The Kier molecular flexibility index (Phi) is 6.86. The zero-order chi connectivity index (χ0) is 21.7. The topological polar surface area (TPSA) is 94.8 Å². The molecule has 30 heavy (non-hydrogen) atoms. The molecular formula is C20H23ClN6O3. The maximum absolute atomic E-state index is 12.5. The summed E-state index contributed by atoms with van der Waals surface area (Å²) < 4.78 is 0. The number of hydrazine groups is 1. The summed E-state index contributed by atoms with van der Waals surface area (Å²) in [6, 6.07) is 12.3. The number of nitrogens with zero attached hydrogens (tertiary/aromatic N) is 5. The third kappa shape index (κ3) is 5.05. The Balaban J connectivity index is 1.81. The second kappa shape index (κ2) is 9.55. The number of nitrogens with one attached hydrogen (secondary N) is 1. The Labute approximate surface area is 179 Å². The van der Waals surface area contributed by atoms with Crippen molar-refractivity contribution in [1.82, 2.24) is 25.2 Å². The van der Waals surface area contributed by atoms with Crippen LogP contribution in [0, 0.1) is 10.1 Å². The highest BCUT2D eigenvalue weighted by Crippen LogP contribution is 2.23. The molecule has 10 heteroatoms. The van der Waals surface area contributed by atoms with Gasteiger partial charge in [-0.1, -0.05) is 35.9 Å². The fraction of sp³-hybridized carbons (Fsp3) is 0.300. The number of pyridine rings is 1. The zero-order valence-corrected chi connectivity index (χ0v) is 17.5. The van der Waals surface area contributed by atoms with Gasteiger partial charge in [0.25, 0.3) is 5.91 Å². The first kappa shape index (κ1) is 21.5. The number of nitro groups is 1. The van der Waals surface area contributed by atoms with Crippen LogP contribution in [0.1, 0.15) is 22.8 Å². The molecule has 1 aromatic heterocycles. The summed E-state index contributed by atoms with van der Waals surface area (Å²) in [5.74, 6) is 0.206. The molecule has 0 spiro atoms. The lowest BCUT2D eigenvalue weighted by molar-refractivity contribution is -0.434. The number of aromatic nitrogens is 1. The number of carbonyl (C=O) groups excluding carboxylic acids is 1. The van der Waals surface area contributed by atoms with Crippen LogP contribution in [0.5, 0.6) is 0 Å². The molecule has 0 radical (unpaired) electrons. The summed E-state index contributed by atoms with van der Waals surface area (Å²) in [5.41, 5.74) is 4.15. The molecule has 0 unspecified atom stereocenters. The van der Waals surface area contributed by atoms with Crippen LogP contribution in [0.2, 0.25) is 5.15 Å². The first-order valence-corrected chi connectivity index (χ1v) is 9.82. The average molecular weight is 431 g/mol. The fourth-order valence-electron chi connectivity index (χ4n) is 3.34. The fourth-order valence-corrected chi connectivity index (χ4v) is 3.45. The molecule has 1 aromatic carbocycles. The van der Waals surface area contributed by atoms with Crippen molar-refractivity contribution >= 4 is 17.5 Å². The van der Waals surface area contributed by atoms with Crippen LogP contribution in [0.4, 0.5) is 0 Å². The van der Waals surface area contributed by atoms with Gasteiger partial charge < -0.3 is 9.80 Å². The van der Waals surface area contributed by atoms with Crippen molar-refractivity contribution in [2.75, 3.05) is 26.8 Å². The van der Waals surface area contributed by atoms with E-state index in [1.807, 2.05) is 24.0 Å². The Bertz CT molecular complexity index is 935. The Morgan fingerprint density at radius 1 is 1.30 bits per heavy atom. The Hall–Kier alpha value is -3.17. The molecule has 1 aliphatic rings. The second-order valence-electron chi connectivity index (χ2n) is 6.88. The zero-order valence-electron chi connectivity index (χ0n) is 16.8. The van der Waals surface area contributed by atoms with E-state index in [1.165, 1.54) is 5.01 Å². The van der Waals surface area contributed by atoms with Gasteiger partial charge in [-0.3, -0.25) is 20.3 Å². The third-order valence-electron chi connectivity index (χ3n) is 4.70. The van der Waals surface area contributed by atoms with Crippen molar-refractivity contribution in [3.63, 3.8) is 0 Å². The van der Waals surface area contributed by atoms with Gasteiger partial charge in [0.2, 0.25) is 0 Å². The van der Waals surface area contributed by atoms with E-state index in [-0.39, 0.29) is 18.1 Å². The average Bonchev–Trinajstić information content (AvgIpc) is 2.74. The minimum atomic E-state index is -0.393. The molecule has 1 N–H and O–H groups in total. The van der Waals surface area contributed by atoms with Crippen molar-refractivity contribution < 1.29 is 9.72 Å². The molecule has 1 aliphatic heterocycles. The van der Waals surface area contributed by atoms with Gasteiger partial charge in [-0.05, 0) is 30.7 Å². The number of hydrogen-bond donors (Lipinski definition) is 1. The van der Waals surface area contributed by atoms with Gasteiger partial charge in [0.15, 0.2) is 5.82 Å². The van der Waals surface area contributed by atoms with E-state index in [4.69, 9.17) is 11.6 Å². The largest absolute Gasteiger partial charge is 0.349 e. The normalized spacial score (nSPS) is 14.6. The van der Waals surface area contributed by atoms with Crippen molar-refractivity contribution in [1.29, 1.82) is 0 Å². The van der Waals surface area contributed by atoms with Crippen LogP contribution >= 0.6 is 11.6 Å². The van der Waals surface area contributed by atoms with Crippen molar-refractivity contribution in [2.24, 2.45) is 0 Å². The highest BCUT2D eigenvalue weighted by molar-refractivity contribution is 6.29. The lowest BCUT2D eigenvalue weighted by Gasteiger charge is -2.39. The highest BCUT2D eigenvalue weighted by Gasteiger charge is 2.34. The SMILES string of the molecule is CCN(Cc1ccc(Cl)nc1)C1=C([N+](=O)[O-])CN(NC(=O)c2ccccc2)CN1C. The van der Waals surface area contributed by atoms with E-state index in [9.17, 15) is 14.9 Å². The summed E-state index contributed by atoms with van der Waals surface area (Å²) >= 11 is 5.85. The number of carbonyl (C=O) groups is 1. The molecular weight excluding hydrogens is 408 g/mol. The second-order valence-corrected chi connectivity index (χ2v) is 7.26. The quantitative estimate of drug-likeness (QED) is 0.409. The standard InChI is InChI=1S/C20H23ClN6O3/c1-3-25(12-15-9-10-18(21)22-11-15)20-17(27(29)30)13-26(14-24(20)2)23-19(28)16-7-5-4-6-8-16/h4-11H,3,12-14H2,1-2H3,(H,23,28). The lowest BCUT2D eigenvalue weighted by atomic mass is 10.2. The maximum atomic E-state index is 12.5. The molecule has 0 atom stereocenters. The van der Waals surface area contributed by atoms with Crippen LogP contribution < -0.4 is 5.43 Å². The predicted octanol–water partition coefficient (Wildman–Crippen LogP) is 2.55. The minimum Gasteiger partial charge on any atom is -0.349 e. The van der Waals surface area contributed by atoms with Gasteiger partial charge in [-0.15, -0.1) is 0 Å². The molecule has 1 amide bonds. The van der Waals surface area contributed by atoms with Gasteiger partial charge in [-0.2, -0.15) is 5.01 Å². The molecule has 0 bridgehead atoms. The van der Waals surface area contributed by atoms with Crippen molar-refractivity contribution in [2.45, 2.75) is 13.5 Å². The third-order valence-corrected chi connectivity index (χ3v) is 4.93. The van der Waals surface area contributed by atoms with Gasteiger partial charge in [0.05, 0.1) is 11.6 Å². The Morgan fingerprint density at radius 3 is 2.63 bits per heavy atom. The van der Waals surface area contributed by atoms with Gasteiger partial charge in [0, 0.05) is 31.9 Å². The van der Waals surface area contributed by atoms with Crippen molar-refractivity contribution in [3.8, 4) is 0 Å². The molecule has 9 nitrogen and oxygen atoms in total. The number of hydrogen-bond acceptors (Lipinski definition) is 7. The number of benzene rings is 1. The first-order chi connectivity index (χ1) is 14.4. The van der Waals surface area contributed by atoms with E-state index < -0.39 is 4.92 Å². The minimum absolute atomic E-state index is 0.0133. The van der Waals surface area contributed by atoms with E-state index in [2.05, 4.69) is 10.4 Å². The molecule has 0 saturated heterocycles. The number of rotatable bonds is 7. The lowest BCUT2D eigenvalue weighted by Crippen LogP contribution is -2.54. The molecule has 0 aliphatic carbocycles. The molecule has 0 fully saturated rings. The summed E-state index contributed by atoms with van der Waals surface area (Å²) in [6.07, 6.45) is 1.66. The van der Waals surface area contributed by atoms with Crippen LogP contribution in [0.15, 0.2) is 60.2 Å². The van der Waals surface area contributed by atoms with Gasteiger partial charge in [-0.25, -0.2) is 4.98 Å². The van der Waals surface area contributed by atoms with Gasteiger partial charge in [0.1, 0.15) is 11.7 Å². The first-order valence-electron chi connectivity index (χ1n) is 9.44. The number of amides is 1. The van der Waals surface area contributed by atoms with E-state index in [0.717, 1.165) is 5.56 Å². The summed E-state index contributed by atoms with van der Waals surface area (Å²) in [7, 11) is 1.77. The molecule has 0 saturated carbocycles. The summed E-state index contributed by atoms with van der Waals surface area (Å²) in [6.45, 7) is 3.25. The predicted molar refractivity (Wildman–Crippen MR) is 113 cm³/mol. The van der Waals surface area contributed by atoms with E-state index in [1.54, 1.807) is 48.5 Å². The molecule has 2 heterocycles. The summed E-state index contributed by atoms with van der Waals surface area (Å²) in [4.78, 5) is 31.7. The van der Waals surface area contributed by atoms with Crippen LogP contribution in [0.25, 0.3) is 0 Å². The van der Waals surface area contributed by atoms with Crippen LogP contribution in [-0.4, -0.2) is 57.4 Å². The Morgan fingerprint density at radius 2 is 2.03 bits per heavy atom. The molecule has 2 aromatic rings. The van der Waals surface area contributed by atoms with E-state index >= 15 is 0 Å². The number of halogens is 1. The summed E-state index contributed by atoms with van der Waals surface area (Å²) in [5, 5.41) is 13.8. The van der Waals surface area contributed by atoms with Crippen LogP contribution in [0.3, 0.4) is 0 Å². The van der Waals surface area contributed by atoms with E-state index in [0.29, 0.717) is 36.3 Å². The molecule has 3 rings (SSSR count). The smallest absolute Gasteiger partial charge is 0.302 e. The molecule has 158 valence electrons. The van der Waals surface area contributed by atoms with Crippen molar-refractivity contribution in [3.05, 3.63) is 86.6 Å². The van der Waals surface area contributed by atoms with Crippen LogP contribution in [-0.2, 0) is 6.54 Å². The highest BCUT2D eigenvalue weighted by atomic mass is 35.5. The monoisotopic (exact) mass is 430 g/mol. The maximum Gasteiger partial charge on any atom is 0.302 e.